The zero-order chi connectivity index (χ0) is 17.6. The molecule has 0 bridgehead atoms. The van der Waals surface area contributed by atoms with Gasteiger partial charge in [-0.25, -0.2) is 0 Å². The van der Waals surface area contributed by atoms with Gasteiger partial charge in [-0.2, -0.15) is 0 Å². The molecule has 1 atom stereocenters. The van der Waals surface area contributed by atoms with Gasteiger partial charge in [-0.3, -0.25) is 4.98 Å². The number of ether oxygens (including phenoxy) is 1. The van der Waals surface area contributed by atoms with E-state index >= 15 is 0 Å². The van der Waals surface area contributed by atoms with Gasteiger partial charge in [0.2, 0.25) is 0 Å². The van der Waals surface area contributed by atoms with Crippen LogP contribution in [0.1, 0.15) is 17.2 Å². The van der Waals surface area contributed by atoms with Crippen LogP contribution in [0.15, 0.2) is 67.0 Å². The maximum absolute atomic E-state index is 9.73. The van der Waals surface area contributed by atoms with Crippen LogP contribution >= 0.6 is 0 Å². The number of aliphatic hydroxyl groups excluding tert-OH is 1. The van der Waals surface area contributed by atoms with Crippen molar-refractivity contribution >= 4 is 5.69 Å². The summed E-state index contributed by atoms with van der Waals surface area (Å²) in [6.45, 7) is 2.06. The third kappa shape index (κ3) is 3.98. The first kappa shape index (κ1) is 17.0. The summed E-state index contributed by atoms with van der Waals surface area (Å²) < 4.78 is 5.27. The molecule has 4 nitrogen and oxygen atoms in total. The average Bonchev–Trinajstić information content (AvgIpc) is 2.67. The molecule has 128 valence electrons. The van der Waals surface area contributed by atoms with E-state index in [1.807, 2.05) is 60.8 Å². The smallest absolute Gasteiger partial charge is 0.119 e. The maximum atomic E-state index is 9.73. The van der Waals surface area contributed by atoms with Gasteiger partial charge in [0.05, 0.1) is 25.4 Å². The van der Waals surface area contributed by atoms with E-state index < -0.39 is 0 Å². The van der Waals surface area contributed by atoms with Crippen LogP contribution < -0.4 is 10.1 Å². The van der Waals surface area contributed by atoms with E-state index in [4.69, 9.17) is 4.74 Å². The number of nitrogens with zero attached hydrogens (tertiary/aromatic N) is 1. The molecule has 1 unspecified atom stereocenters. The monoisotopic (exact) mass is 334 g/mol. The highest BCUT2D eigenvalue weighted by molar-refractivity contribution is 5.70. The molecule has 0 amide bonds. The lowest BCUT2D eigenvalue weighted by Gasteiger charge is -2.18. The Morgan fingerprint density at radius 2 is 1.88 bits per heavy atom. The molecule has 0 aliphatic rings. The molecular formula is C21H22N2O2. The lowest BCUT2D eigenvalue weighted by molar-refractivity contribution is 0.276. The summed E-state index contributed by atoms with van der Waals surface area (Å²) in [4.78, 5) is 4.35. The number of aryl methyl sites for hydroxylation is 1. The van der Waals surface area contributed by atoms with Crippen molar-refractivity contribution in [3.05, 3.63) is 78.1 Å². The number of benzene rings is 2. The van der Waals surface area contributed by atoms with Crippen LogP contribution in [0.4, 0.5) is 5.69 Å². The van der Waals surface area contributed by atoms with Crippen molar-refractivity contribution in [2.45, 2.75) is 13.0 Å². The van der Waals surface area contributed by atoms with Gasteiger partial charge in [0.1, 0.15) is 5.75 Å². The Morgan fingerprint density at radius 1 is 1.08 bits per heavy atom. The van der Waals surface area contributed by atoms with Crippen molar-refractivity contribution in [1.29, 1.82) is 0 Å². The molecule has 4 heteroatoms. The van der Waals surface area contributed by atoms with E-state index in [1.165, 1.54) is 0 Å². The Hall–Kier alpha value is -2.85. The summed E-state index contributed by atoms with van der Waals surface area (Å²) in [5.41, 5.74) is 5.17. The van der Waals surface area contributed by atoms with Crippen molar-refractivity contribution in [2.75, 3.05) is 19.0 Å². The zero-order valence-corrected chi connectivity index (χ0v) is 14.4. The summed E-state index contributed by atoms with van der Waals surface area (Å²) in [5.74, 6) is 0.841. The Labute approximate surface area is 148 Å². The van der Waals surface area contributed by atoms with Crippen LogP contribution in [0.5, 0.6) is 5.75 Å². The summed E-state index contributed by atoms with van der Waals surface area (Å²) in [7, 11) is 1.67. The topological polar surface area (TPSA) is 54.4 Å². The number of rotatable bonds is 6. The van der Waals surface area contributed by atoms with Crippen molar-refractivity contribution in [2.24, 2.45) is 0 Å². The van der Waals surface area contributed by atoms with E-state index in [1.54, 1.807) is 13.3 Å². The molecule has 0 aliphatic carbocycles. The zero-order valence-electron chi connectivity index (χ0n) is 14.4. The van der Waals surface area contributed by atoms with Crippen molar-refractivity contribution in [3.8, 4) is 16.9 Å². The van der Waals surface area contributed by atoms with E-state index in [9.17, 15) is 5.11 Å². The highest BCUT2D eigenvalue weighted by Gasteiger charge is 2.11. The average molecular weight is 334 g/mol. The maximum Gasteiger partial charge on any atom is 0.119 e. The minimum atomic E-state index is -0.171. The molecular weight excluding hydrogens is 312 g/mol. The van der Waals surface area contributed by atoms with Crippen LogP contribution in [-0.2, 0) is 0 Å². The van der Waals surface area contributed by atoms with Crippen LogP contribution in [0.2, 0.25) is 0 Å². The first-order valence-corrected chi connectivity index (χ1v) is 8.23. The molecule has 0 radical (unpaired) electrons. The molecule has 3 aromatic rings. The van der Waals surface area contributed by atoms with Crippen LogP contribution in [0.25, 0.3) is 11.1 Å². The second-order valence-electron chi connectivity index (χ2n) is 5.93. The first-order chi connectivity index (χ1) is 12.2. The number of hydrogen-bond acceptors (Lipinski definition) is 4. The van der Waals surface area contributed by atoms with Gasteiger partial charge in [-0.05, 0) is 41.8 Å². The van der Waals surface area contributed by atoms with Crippen LogP contribution in [0, 0.1) is 6.92 Å². The molecule has 1 heterocycles. The highest BCUT2D eigenvalue weighted by Crippen LogP contribution is 2.29. The van der Waals surface area contributed by atoms with Gasteiger partial charge in [-0.1, -0.05) is 36.4 Å². The molecule has 0 fully saturated rings. The molecule has 0 aliphatic heterocycles. The fraction of sp³-hybridized carbons (Fsp3) is 0.190. The van der Waals surface area contributed by atoms with Gasteiger partial charge in [0.15, 0.2) is 0 Å². The molecule has 25 heavy (non-hydrogen) atoms. The number of methoxy groups -OCH3 is 1. The second kappa shape index (κ2) is 7.81. The second-order valence-corrected chi connectivity index (χ2v) is 5.93. The number of hydrogen-bond donors (Lipinski definition) is 2. The first-order valence-electron chi connectivity index (χ1n) is 8.23. The van der Waals surface area contributed by atoms with Gasteiger partial charge in [-0.15, -0.1) is 0 Å². The van der Waals surface area contributed by atoms with Crippen LogP contribution in [0.3, 0.4) is 0 Å². The predicted molar refractivity (Wildman–Crippen MR) is 101 cm³/mol. The third-order valence-corrected chi connectivity index (χ3v) is 4.21. The Balaban J connectivity index is 1.86. The van der Waals surface area contributed by atoms with E-state index in [0.717, 1.165) is 33.7 Å². The van der Waals surface area contributed by atoms with E-state index in [0.29, 0.717) is 0 Å². The van der Waals surface area contributed by atoms with Crippen LogP contribution in [-0.4, -0.2) is 23.8 Å². The SMILES string of the molecule is COc1ccc(-c2cncc(NC(CO)c3ccccc3)c2)c(C)c1. The van der Waals surface area contributed by atoms with Gasteiger partial charge in [0.25, 0.3) is 0 Å². The Bertz CT molecular complexity index is 834. The lowest BCUT2D eigenvalue weighted by Crippen LogP contribution is -2.14. The summed E-state index contributed by atoms with van der Waals surface area (Å²) >= 11 is 0. The van der Waals surface area contributed by atoms with E-state index in [-0.39, 0.29) is 12.6 Å². The number of aliphatic hydroxyl groups is 1. The van der Waals surface area contributed by atoms with Gasteiger partial charge >= 0.3 is 0 Å². The molecule has 2 aromatic carbocycles. The Morgan fingerprint density at radius 3 is 2.56 bits per heavy atom. The molecule has 0 saturated carbocycles. The van der Waals surface area contributed by atoms with Crippen molar-refractivity contribution < 1.29 is 9.84 Å². The quantitative estimate of drug-likeness (QED) is 0.709. The van der Waals surface area contributed by atoms with Crippen molar-refractivity contribution in [1.82, 2.24) is 4.98 Å². The molecule has 0 spiro atoms. The molecule has 2 N–H and O–H groups in total. The minimum absolute atomic E-state index is 0.00973. The van der Waals surface area contributed by atoms with E-state index in [2.05, 4.69) is 17.2 Å². The standard InChI is InChI=1S/C21H22N2O2/c1-15-10-19(25-2)8-9-20(15)17-11-18(13-22-12-17)23-21(14-24)16-6-4-3-5-7-16/h3-13,21,23-24H,14H2,1-2H3. The third-order valence-electron chi connectivity index (χ3n) is 4.21. The normalized spacial score (nSPS) is 11.8. The fourth-order valence-electron chi connectivity index (χ4n) is 2.87. The molecule has 1 aromatic heterocycles. The predicted octanol–water partition coefficient (Wildman–Crippen LogP) is 4.21. The largest absolute Gasteiger partial charge is 0.497 e. The minimum Gasteiger partial charge on any atom is -0.497 e. The summed E-state index contributed by atoms with van der Waals surface area (Å²) in [6, 6.07) is 17.8. The molecule has 3 rings (SSSR count). The number of pyridine rings is 1. The summed E-state index contributed by atoms with van der Waals surface area (Å²) in [6.07, 6.45) is 3.62. The highest BCUT2D eigenvalue weighted by atomic mass is 16.5. The van der Waals surface area contributed by atoms with Crippen molar-refractivity contribution in [3.63, 3.8) is 0 Å². The number of aromatic nitrogens is 1. The lowest BCUT2D eigenvalue weighted by atomic mass is 10.0. The summed E-state index contributed by atoms with van der Waals surface area (Å²) in [5, 5.41) is 13.1. The molecule has 0 saturated heterocycles. The van der Waals surface area contributed by atoms with Gasteiger partial charge < -0.3 is 15.2 Å². The van der Waals surface area contributed by atoms with Gasteiger partial charge in [0, 0.05) is 18.0 Å². The fourth-order valence-corrected chi connectivity index (χ4v) is 2.87. The number of anilines is 1. The number of nitrogens with one attached hydrogen (secondary N) is 1. The Kier molecular flexibility index (Phi) is 5.31.